The Morgan fingerprint density at radius 2 is 1.61 bits per heavy atom. The highest BCUT2D eigenvalue weighted by Gasteiger charge is 2.35. The molecule has 5 aromatic rings. The zero-order chi connectivity index (χ0) is 28.5. The fourth-order valence-electron chi connectivity index (χ4n) is 4.21. The zero-order valence-electron chi connectivity index (χ0n) is 22.9. The summed E-state index contributed by atoms with van der Waals surface area (Å²) < 4.78 is 7.72. The third-order valence-corrected chi connectivity index (χ3v) is 8.61. The molecule has 0 radical (unpaired) electrons. The lowest BCUT2D eigenvalue weighted by Gasteiger charge is -2.17. The van der Waals surface area contributed by atoms with Gasteiger partial charge < -0.3 is 4.42 Å². The number of aliphatic imine (C=N–C) groups is 1. The summed E-state index contributed by atoms with van der Waals surface area (Å²) in [6.45, 7) is 8.23. The standard InChI is InChI=1S/C31H26N6O2S2/c1-19-10-12-23(16-21(19)3)32-30-36(25-13-11-20(2)22(4)17-25)29(38)27(40-30)18-26-14-15-28(39-26)41-31-33-34-35-37(31)24-8-6-5-7-9-24/h5-18H,1-4H3/b27-18-,32-30?. The van der Waals surface area contributed by atoms with Crippen LogP contribution in [0.4, 0.5) is 11.4 Å². The Morgan fingerprint density at radius 3 is 2.37 bits per heavy atom. The highest BCUT2D eigenvalue weighted by molar-refractivity contribution is 8.19. The summed E-state index contributed by atoms with van der Waals surface area (Å²) in [7, 11) is 0. The van der Waals surface area contributed by atoms with Crippen LogP contribution in [-0.4, -0.2) is 31.3 Å². The number of carbonyl (C=O) groups is 1. The number of furan rings is 1. The van der Waals surface area contributed by atoms with Gasteiger partial charge in [-0.1, -0.05) is 30.3 Å². The molecule has 0 saturated carbocycles. The van der Waals surface area contributed by atoms with Crippen LogP contribution in [0, 0.1) is 27.7 Å². The molecule has 0 N–H and O–H groups in total. The maximum atomic E-state index is 13.8. The van der Waals surface area contributed by atoms with Crippen LogP contribution in [0.15, 0.2) is 103 Å². The first kappa shape index (κ1) is 26.8. The van der Waals surface area contributed by atoms with Crippen LogP contribution in [0.5, 0.6) is 0 Å². The largest absolute Gasteiger partial charge is 0.450 e. The zero-order valence-corrected chi connectivity index (χ0v) is 24.5. The Morgan fingerprint density at radius 1 is 0.854 bits per heavy atom. The Hall–Kier alpha value is -4.41. The molecule has 1 aliphatic rings. The number of hydrogen-bond donors (Lipinski definition) is 0. The first-order valence-electron chi connectivity index (χ1n) is 12.9. The van der Waals surface area contributed by atoms with Gasteiger partial charge in [0.1, 0.15) is 5.76 Å². The predicted molar refractivity (Wildman–Crippen MR) is 164 cm³/mol. The van der Waals surface area contributed by atoms with Crippen molar-refractivity contribution in [2.75, 3.05) is 4.90 Å². The lowest BCUT2D eigenvalue weighted by Crippen LogP contribution is -2.28. The van der Waals surface area contributed by atoms with E-state index in [2.05, 4.69) is 36.3 Å². The van der Waals surface area contributed by atoms with E-state index in [-0.39, 0.29) is 5.91 Å². The van der Waals surface area contributed by atoms with Crippen molar-refractivity contribution >= 4 is 52.0 Å². The minimum Gasteiger partial charge on any atom is -0.450 e. The molecule has 0 aliphatic carbocycles. The van der Waals surface area contributed by atoms with E-state index in [1.54, 1.807) is 15.7 Å². The third-order valence-electron chi connectivity index (χ3n) is 6.78. The summed E-state index contributed by atoms with van der Waals surface area (Å²) in [5.41, 5.74) is 7.04. The second kappa shape index (κ2) is 11.2. The van der Waals surface area contributed by atoms with Crippen LogP contribution in [0.2, 0.25) is 0 Å². The molecule has 1 fully saturated rings. The van der Waals surface area contributed by atoms with Gasteiger partial charge in [-0.25, -0.2) is 4.99 Å². The number of carbonyl (C=O) groups excluding carboxylic acids is 1. The minimum atomic E-state index is -0.153. The first-order valence-corrected chi connectivity index (χ1v) is 14.6. The van der Waals surface area contributed by atoms with E-state index >= 15 is 0 Å². The van der Waals surface area contributed by atoms with Gasteiger partial charge in [0.15, 0.2) is 10.3 Å². The number of amidine groups is 1. The summed E-state index contributed by atoms with van der Waals surface area (Å²) in [5.74, 6) is 0.397. The number of hydrogen-bond acceptors (Lipinski definition) is 8. The molecule has 1 aliphatic heterocycles. The van der Waals surface area contributed by atoms with Gasteiger partial charge in [-0.2, -0.15) is 4.68 Å². The van der Waals surface area contributed by atoms with Gasteiger partial charge in [-0.05, 0) is 132 Å². The summed E-state index contributed by atoms with van der Waals surface area (Å²) in [4.78, 5) is 20.9. The van der Waals surface area contributed by atoms with Crippen molar-refractivity contribution in [2.45, 2.75) is 37.9 Å². The van der Waals surface area contributed by atoms with Crippen LogP contribution >= 0.6 is 23.5 Å². The van der Waals surface area contributed by atoms with E-state index in [4.69, 9.17) is 9.41 Å². The minimum absolute atomic E-state index is 0.153. The molecule has 0 unspecified atom stereocenters. The number of thioether (sulfide) groups is 1. The Kier molecular flexibility index (Phi) is 7.34. The van der Waals surface area contributed by atoms with E-state index in [0.29, 0.717) is 26.1 Å². The van der Waals surface area contributed by atoms with E-state index in [1.807, 2.05) is 85.8 Å². The summed E-state index contributed by atoms with van der Waals surface area (Å²) in [6, 6.07) is 25.4. The second-order valence-corrected chi connectivity index (χ2v) is 11.6. The smallest absolute Gasteiger partial charge is 0.271 e. The SMILES string of the molecule is Cc1ccc(N=C2S/C(=C\c3ccc(Sc4nnnn4-c4ccccc4)o3)C(=O)N2c2ccc(C)c(C)c2)cc1C. The lowest BCUT2D eigenvalue weighted by molar-refractivity contribution is -0.113. The van der Waals surface area contributed by atoms with Crippen LogP contribution in [0.1, 0.15) is 28.0 Å². The number of benzene rings is 3. The average Bonchev–Trinajstić information content (AvgIpc) is 3.69. The molecule has 8 nitrogen and oxygen atoms in total. The summed E-state index contributed by atoms with van der Waals surface area (Å²) in [5, 5.41) is 13.8. The average molecular weight is 579 g/mol. The molecule has 1 saturated heterocycles. The lowest BCUT2D eigenvalue weighted by atomic mass is 10.1. The monoisotopic (exact) mass is 578 g/mol. The molecular formula is C31H26N6O2S2. The number of anilines is 1. The van der Waals surface area contributed by atoms with Crippen molar-refractivity contribution in [2.24, 2.45) is 4.99 Å². The molecule has 0 spiro atoms. The molecule has 10 heteroatoms. The normalized spacial score (nSPS) is 15.4. The van der Waals surface area contributed by atoms with Crippen molar-refractivity contribution in [3.05, 3.63) is 112 Å². The van der Waals surface area contributed by atoms with E-state index in [9.17, 15) is 4.79 Å². The van der Waals surface area contributed by atoms with Gasteiger partial charge in [0.05, 0.1) is 22.0 Å². The van der Waals surface area contributed by atoms with Crippen LogP contribution in [0.25, 0.3) is 11.8 Å². The fourth-order valence-corrected chi connectivity index (χ4v) is 5.95. The maximum absolute atomic E-state index is 13.8. The number of amides is 1. The third kappa shape index (κ3) is 5.61. The highest BCUT2D eigenvalue weighted by Crippen LogP contribution is 2.39. The van der Waals surface area contributed by atoms with E-state index < -0.39 is 0 Å². The molecule has 3 heterocycles. The van der Waals surface area contributed by atoms with Crippen molar-refractivity contribution in [3.63, 3.8) is 0 Å². The van der Waals surface area contributed by atoms with Crippen LogP contribution in [0.3, 0.4) is 0 Å². The fraction of sp³-hybridized carbons (Fsp3) is 0.129. The molecule has 0 atom stereocenters. The number of nitrogens with zero attached hydrogens (tertiary/aromatic N) is 6. The maximum Gasteiger partial charge on any atom is 0.271 e. The van der Waals surface area contributed by atoms with Gasteiger partial charge in [0.2, 0.25) is 5.16 Å². The van der Waals surface area contributed by atoms with Gasteiger partial charge in [0, 0.05) is 6.08 Å². The predicted octanol–water partition coefficient (Wildman–Crippen LogP) is 7.45. The summed E-state index contributed by atoms with van der Waals surface area (Å²) in [6.07, 6.45) is 1.76. The van der Waals surface area contributed by atoms with Crippen molar-refractivity contribution < 1.29 is 9.21 Å². The highest BCUT2D eigenvalue weighted by atomic mass is 32.2. The molecule has 6 rings (SSSR count). The molecule has 2 aromatic heterocycles. The first-order chi connectivity index (χ1) is 19.9. The van der Waals surface area contributed by atoms with Gasteiger partial charge >= 0.3 is 0 Å². The Bertz CT molecular complexity index is 1820. The second-order valence-electron chi connectivity index (χ2n) is 9.65. The topological polar surface area (TPSA) is 89.4 Å². The van der Waals surface area contributed by atoms with E-state index in [1.165, 1.54) is 29.1 Å². The number of aromatic nitrogens is 4. The number of rotatable bonds is 6. The number of tetrazole rings is 1. The molecule has 1 amide bonds. The van der Waals surface area contributed by atoms with Crippen molar-refractivity contribution in [1.29, 1.82) is 0 Å². The molecule has 41 heavy (non-hydrogen) atoms. The Labute approximate surface area is 246 Å². The van der Waals surface area contributed by atoms with Crippen molar-refractivity contribution in [1.82, 2.24) is 20.2 Å². The molecule has 3 aromatic carbocycles. The Balaban J connectivity index is 1.31. The molecule has 204 valence electrons. The van der Waals surface area contributed by atoms with E-state index in [0.717, 1.165) is 33.8 Å². The van der Waals surface area contributed by atoms with Crippen LogP contribution < -0.4 is 4.90 Å². The van der Waals surface area contributed by atoms with Gasteiger partial charge in [-0.15, -0.1) is 5.10 Å². The van der Waals surface area contributed by atoms with Crippen molar-refractivity contribution in [3.8, 4) is 5.69 Å². The van der Waals surface area contributed by atoms with Gasteiger partial charge in [-0.3, -0.25) is 9.69 Å². The van der Waals surface area contributed by atoms with Gasteiger partial charge in [0.25, 0.3) is 5.91 Å². The summed E-state index contributed by atoms with van der Waals surface area (Å²) >= 11 is 2.64. The number of aryl methyl sites for hydroxylation is 4. The van der Waals surface area contributed by atoms with Crippen LogP contribution in [-0.2, 0) is 4.79 Å². The quantitative estimate of drug-likeness (QED) is 0.193. The molecular weight excluding hydrogens is 553 g/mol. The number of para-hydroxylation sites is 1. The molecule has 0 bridgehead atoms.